The van der Waals surface area contributed by atoms with E-state index in [1.54, 1.807) is 18.3 Å². The van der Waals surface area contributed by atoms with Gasteiger partial charge in [0.05, 0.1) is 16.5 Å². The smallest absolute Gasteiger partial charge is 0.416 e. The molecule has 1 aliphatic carbocycles. The highest BCUT2D eigenvalue weighted by Gasteiger charge is 2.30. The van der Waals surface area contributed by atoms with Crippen molar-refractivity contribution >= 4 is 28.5 Å². The van der Waals surface area contributed by atoms with Gasteiger partial charge in [0.1, 0.15) is 29.3 Å². The SMILES string of the molecule is CC(=O)NC1CCC(Nc2ncnc3[nH]cc(C(=O)c4ccc(Oc5cccc(C(F)(F)F)c5)cc4)c23)CC1. The van der Waals surface area contributed by atoms with Crippen LogP contribution < -0.4 is 15.4 Å². The summed E-state index contributed by atoms with van der Waals surface area (Å²) in [6.07, 6.45) is 1.93. The zero-order valence-electron chi connectivity index (χ0n) is 21.0. The average Bonchev–Trinajstić information content (AvgIpc) is 3.35. The Bertz CT molecular complexity index is 1490. The maximum absolute atomic E-state index is 13.4. The highest BCUT2D eigenvalue weighted by molar-refractivity contribution is 6.18. The van der Waals surface area contributed by atoms with Gasteiger partial charge in [-0.25, -0.2) is 9.97 Å². The van der Waals surface area contributed by atoms with Gasteiger partial charge in [0.15, 0.2) is 5.78 Å². The first-order valence-electron chi connectivity index (χ1n) is 12.5. The normalized spacial score (nSPS) is 17.5. The number of hydrogen-bond acceptors (Lipinski definition) is 6. The molecule has 39 heavy (non-hydrogen) atoms. The van der Waals surface area contributed by atoms with Crippen LogP contribution in [0.1, 0.15) is 54.1 Å². The van der Waals surface area contributed by atoms with Crippen molar-refractivity contribution in [2.75, 3.05) is 5.32 Å². The van der Waals surface area contributed by atoms with Crippen molar-refractivity contribution in [3.63, 3.8) is 0 Å². The number of aromatic nitrogens is 3. The minimum absolute atomic E-state index is 0.0327. The van der Waals surface area contributed by atoms with E-state index in [-0.39, 0.29) is 29.5 Å². The van der Waals surface area contributed by atoms with Gasteiger partial charge in [-0.05, 0) is 68.1 Å². The second-order valence-corrected chi connectivity index (χ2v) is 9.52. The van der Waals surface area contributed by atoms with E-state index in [2.05, 4.69) is 25.6 Å². The first kappa shape index (κ1) is 26.2. The summed E-state index contributed by atoms with van der Waals surface area (Å²) in [4.78, 5) is 36.5. The van der Waals surface area contributed by atoms with Gasteiger partial charge in [0.25, 0.3) is 0 Å². The number of aromatic amines is 1. The Morgan fingerprint density at radius 3 is 2.38 bits per heavy atom. The lowest BCUT2D eigenvalue weighted by molar-refractivity contribution is -0.137. The van der Waals surface area contributed by atoms with Crippen LogP contribution >= 0.6 is 0 Å². The fourth-order valence-corrected chi connectivity index (χ4v) is 4.82. The molecule has 0 spiro atoms. The molecular weight excluding hydrogens is 511 g/mol. The number of carbonyl (C=O) groups excluding carboxylic acids is 2. The predicted octanol–water partition coefficient (Wildman–Crippen LogP) is 5.86. The number of alkyl halides is 3. The molecule has 0 aliphatic heterocycles. The molecule has 1 saturated carbocycles. The maximum atomic E-state index is 13.4. The van der Waals surface area contributed by atoms with Crippen molar-refractivity contribution in [1.29, 1.82) is 0 Å². The van der Waals surface area contributed by atoms with Crippen molar-refractivity contribution in [1.82, 2.24) is 20.3 Å². The van der Waals surface area contributed by atoms with Crippen LogP contribution in [0.3, 0.4) is 0 Å². The van der Waals surface area contributed by atoms with Crippen LogP contribution in [0.2, 0.25) is 0 Å². The highest BCUT2D eigenvalue weighted by Crippen LogP contribution is 2.33. The quantitative estimate of drug-likeness (QED) is 0.255. The first-order valence-corrected chi connectivity index (χ1v) is 12.5. The van der Waals surface area contributed by atoms with E-state index in [4.69, 9.17) is 4.74 Å². The lowest BCUT2D eigenvalue weighted by atomic mass is 9.91. The molecule has 0 radical (unpaired) electrons. The third-order valence-corrected chi connectivity index (χ3v) is 6.70. The van der Waals surface area contributed by atoms with E-state index in [0.29, 0.717) is 33.7 Å². The van der Waals surface area contributed by atoms with Crippen LogP contribution in [0.4, 0.5) is 19.0 Å². The van der Waals surface area contributed by atoms with Gasteiger partial charge >= 0.3 is 6.18 Å². The number of nitrogens with one attached hydrogen (secondary N) is 3. The van der Waals surface area contributed by atoms with Gasteiger partial charge in [0.2, 0.25) is 5.91 Å². The zero-order chi connectivity index (χ0) is 27.6. The molecule has 2 aromatic heterocycles. The topological polar surface area (TPSA) is 109 Å². The van der Waals surface area contributed by atoms with E-state index >= 15 is 0 Å². The lowest BCUT2D eigenvalue weighted by Crippen LogP contribution is -2.39. The Hall–Kier alpha value is -4.41. The van der Waals surface area contributed by atoms with E-state index < -0.39 is 11.7 Å². The average molecular weight is 538 g/mol. The highest BCUT2D eigenvalue weighted by atomic mass is 19.4. The molecule has 0 unspecified atom stereocenters. The second kappa shape index (κ2) is 10.8. The van der Waals surface area contributed by atoms with Gasteiger partial charge in [-0.15, -0.1) is 0 Å². The van der Waals surface area contributed by atoms with E-state index in [0.717, 1.165) is 37.8 Å². The van der Waals surface area contributed by atoms with E-state index in [1.165, 1.54) is 37.5 Å². The standard InChI is InChI=1S/C28H26F3N5O3/c1-16(37)35-19-7-9-20(10-8-19)36-27-24-23(14-32-26(24)33-15-34-27)25(38)17-5-11-21(12-6-17)39-22-4-2-3-18(13-22)28(29,30)31/h2-6,11-15,19-20H,7-10H2,1H3,(H,35,37)(H2,32,33,34,36). The van der Waals surface area contributed by atoms with E-state index in [9.17, 15) is 22.8 Å². The molecule has 1 amide bonds. The van der Waals surface area contributed by atoms with Crippen LogP contribution in [-0.4, -0.2) is 38.7 Å². The summed E-state index contributed by atoms with van der Waals surface area (Å²) in [5.74, 6) is 0.593. The Morgan fingerprint density at radius 2 is 1.69 bits per heavy atom. The van der Waals surface area contributed by atoms with Crippen molar-refractivity contribution in [2.45, 2.75) is 50.9 Å². The number of halogens is 3. The zero-order valence-corrected chi connectivity index (χ0v) is 21.0. The summed E-state index contributed by atoms with van der Waals surface area (Å²) >= 11 is 0. The Balaban J connectivity index is 1.31. The van der Waals surface area contributed by atoms with Crippen LogP contribution in [0, 0.1) is 0 Å². The summed E-state index contributed by atoms with van der Waals surface area (Å²) in [5.41, 5.74) is 0.482. The van der Waals surface area contributed by atoms with Crippen LogP contribution in [-0.2, 0) is 11.0 Å². The molecule has 4 aromatic rings. The van der Waals surface area contributed by atoms with Crippen LogP contribution in [0.25, 0.3) is 11.0 Å². The summed E-state index contributed by atoms with van der Waals surface area (Å²) in [6, 6.07) is 11.1. The summed E-state index contributed by atoms with van der Waals surface area (Å²) in [7, 11) is 0. The van der Waals surface area contributed by atoms with Crippen molar-refractivity contribution in [3.05, 3.63) is 77.7 Å². The molecule has 2 heterocycles. The fraction of sp³-hybridized carbons (Fsp3) is 0.286. The maximum Gasteiger partial charge on any atom is 0.416 e. The van der Waals surface area contributed by atoms with Crippen molar-refractivity contribution in [2.24, 2.45) is 0 Å². The molecule has 202 valence electrons. The van der Waals surface area contributed by atoms with Crippen molar-refractivity contribution in [3.8, 4) is 11.5 Å². The van der Waals surface area contributed by atoms with Crippen molar-refractivity contribution < 1.29 is 27.5 Å². The van der Waals surface area contributed by atoms with Gasteiger partial charge in [0, 0.05) is 30.8 Å². The largest absolute Gasteiger partial charge is 0.457 e. The van der Waals surface area contributed by atoms with Gasteiger partial charge in [-0.2, -0.15) is 13.2 Å². The molecule has 1 fully saturated rings. The van der Waals surface area contributed by atoms with Crippen LogP contribution in [0.15, 0.2) is 61.1 Å². The van der Waals surface area contributed by atoms with Gasteiger partial charge < -0.3 is 20.4 Å². The number of ether oxygens (including phenoxy) is 1. The molecule has 0 saturated heterocycles. The molecule has 3 N–H and O–H groups in total. The summed E-state index contributed by atoms with van der Waals surface area (Å²) < 4.78 is 44.5. The second-order valence-electron chi connectivity index (χ2n) is 9.52. The number of carbonyl (C=O) groups is 2. The number of amides is 1. The molecule has 11 heteroatoms. The number of ketones is 1. The predicted molar refractivity (Wildman–Crippen MR) is 139 cm³/mol. The molecule has 2 aromatic carbocycles. The number of benzene rings is 2. The minimum atomic E-state index is -4.47. The third-order valence-electron chi connectivity index (χ3n) is 6.70. The molecule has 0 bridgehead atoms. The summed E-state index contributed by atoms with van der Waals surface area (Å²) in [6.45, 7) is 1.52. The minimum Gasteiger partial charge on any atom is -0.457 e. The third kappa shape index (κ3) is 6.02. The fourth-order valence-electron chi connectivity index (χ4n) is 4.82. The Labute approximate surface area is 222 Å². The molecular formula is C28H26F3N5O3. The molecule has 8 nitrogen and oxygen atoms in total. The van der Waals surface area contributed by atoms with E-state index in [1.807, 2.05) is 0 Å². The van der Waals surface area contributed by atoms with Gasteiger partial charge in [-0.3, -0.25) is 9.59 Å². The Kier molecular flexibility index (Phi) is 7.23. The lowest BCUT2D eigenvalue weighted by Gasteiger charge is -2.29. The van der Waals surface area contributed by atoms with Gasteiger partial charge in [-0.1, -0.05) is 6.07 Å². The summed E-state index contributed by atoms with van der Waals surface area (Å²) in [5, 5.41) is 6.99. The number of fused-ring (bicyclic) bond motifs is 1. The number of H-pyrrole nitrogens is 1. The molecule has 0 atom stereocenters. The van der Waals surface area contributed by atoms with Crippen LogP contribution in [0.5, 0.6) is 11.5 Å². The number of nitrogens with zero attached hydrogens (tertiary/aromatic N) is 2. The molecule has 1 aliphatic rings. The number of hydrogen-bond donors (Lipinski definition) is 3. The number of rotatable bonds is 7. The molecule has 5 rings (SSSR count). The first-order chi connectivity index (χ1) is 18.7. The Morgan fingerprint density at radius 1 is 0.974 bits per heavy atom. The monoisotopic (exact) mass is 537 g/mol. The number of anilines is 1.